The van der Waals surface area contributed by atoms with E-state index in [0.29, 0.717) is 11.5 Å². The molecule has 0 unspecified atom stereocenters. The molecule has 0 spiro atoms. The van der Waals surface area contributed by atoms with Gasteiger partial charge in [-0.25, -0.2) is 4.98 Å². The van der Waals surface area contributed by atoms with Gasteiger partial charge in [-0.15, -0.1) is 11.3 Å². The molecular weight excluding hydrogens is 673 g/mol. The molecule has 0 bridgehead atoms. The van der Waals surface area contributed by atoms with Crippen LogP contribution in [-0.2, 0) is 30.3 Å². The van der Waals surface area contributed by atoms with Crippen LogP contribution in [0.5, 0.6) is 0 Å². The number of hydrogen-bond donors (Lipinski definition) is 3. The van der Waals surface area contributed by atoms with Crippen LogP contribution in [0.25, 0.3) is 0 Å². The van der Waals surface area contributed by atoms with Crippen molar-refractivity contribution in [3.05, 3.63) is 52.5 Å². The highest BCUT2D eigenvalue weighted by Gasteiger charge is 2.42. The fourth-order valence-electron chi connectivity index (χ4n) is 6.82. The van der Waals surface area contributed by atoms with Crippen LogP contribution < -0.4 is 16.4 Å². The van der Waals surface area contributed by atoms with Crippen molar-refractivity contribution < 1.29 is 23.9 Å². The quantitative estimate of drug-likeness (QED) is 0.189. The van der Waals surface area contributed by atoms with Crippen LogP contribution in [0.1, 0.15) is 83.8 Å². The van der Waals surface area contributed by atoms with Crippen LogP contribution in [0.3, 0.4) is 0 Å². The largest absolute Gasteiger partial charge is 0.379 e. The van der Waals surface area contributed by atoms with Gasteiger partial charge in [0.25, 0.3) is 0 Å². The molecular formula is C37H58N6O5S2. The zero-order valence-electron chi connectivity index (χ0n) is 31.2. The van der Waals surface area contributed by atoms with Crippen molar-refractivity contribution in [1.29, 1.82) is 0 Å². The SMILES string of the molecule is CC[C@H](C)[C@@H]([C@@H](CC(=O)N1CCC[C@H]1[C@H](OC)[C@@H](C)C(=S)N[C@@H](Cc1ccccc1)c1nccs1)OC)N(C)C(=O)[C@H](C)NC(=O)C(C)(C)N. The molecule has 2 heterocycles. The lowest BCUT2D eigenvalue weighted by atomic mass is 9.90. The molecule has 1 aromatic carbocycles. The molecule has 3 amide bonds. The van der Waals surface area contributed by atoms with Gasteiger partial charge >= 0.3 is 0 Å². The van der Waals surface area contributed by atoms with E-state index in [4.69, 9.17) is 27.4 Å². The van der Waals surface area contributed by atoms with E-state index in [1.807, 2.05) is 42.3 Å². The molecule has 8 atom stereocenters. The Kier molecular flexibility index (Phi) is 15.8. The van der Waals surface area contributed by atoms with Gasteiger partial charge in [0.15, 0.2) is 0 Å². The van der Waals surface area contributed by atoms with E-state index in [9.17, 15) is 14.4 Å². The highest BCUT2D eigenvalue weighted by Crippen LogP contribution is 2.30. The molecule has 1 aromatic heterocycles. The van der Waals surface area contributed by atoms with Crippen molar-refractivity contribution in [3.8, 4) is 0 Å². The molecule has 1 aliphatic rings. The van der Waals surface area contributed by atoms with Gasteiger partial charge in [0, 0.05) is 45.3 Å². The zero-order chi connectivity index (χ0) is 37.2. The molecule has 11 nitrogen and oxygen atoms in total. The van der Waals surface area contributed by atoms with E-state index in [2.05, 4.69) is 34.7 Å². The van der Waals surface area contributed by atoms with Gasteiger partial charge in [-0.3, -0.25) is 14.4 Å². The highest BCUT2D eigenvalue weighted by molar-refractivity contribution is 7.80. The molecule has 1 saturated heterocycles. The zero-order valence-corrected chi connectivity index (χ0v) is 32.8. The van der Waals surface area contributed by atoms with E-state index >= 15 is 0 Å². The lowest BCUT2D eigenvalue weighted by Gasteiger charge is -2.40. The summed E-state index contributed by atoms with van der Waals surface area (Å²) in [6.07, 6.45) is 4.12. The Morgan fingerprint density at radius 3 is 2.38 bits per heavy atom. The van der Waals surface area contributed by atoms with Crippen molar-refractivity contribution in [3.63, 3.8) is 0 Å². The second-order valence-electron chi connectivity index (χ2n) is 14.1. The van der Waals surface area contributed by atoms with Crippen molar-refractivity contribution in [2.75, 3.05) is 27.8 Å². The number of hydrogen-bond acceptors (Lipinski definition) is 9. The Hall–Kier alpha value is -2.97. The molecule has 0 aliphatic carbocycles. The van der Waals surface area contributed by atoms with Crippen LogP contribution >= 0.6 is 23.6 Å². The average molecular weight is 731 g/mol. The number of thiazole rings is 1. The summed E-state index contributed by atoms with van der Waals surface area (Å²) in [6.45, 7) is 11.6. The number of carbonyl (C=O) groups is 3. The first-order valence-corrected chi connectivity index (χ1v) is 18.9. The van der Waals surface area contributed by atoms with E-state index in [0.717, 1.165) is 30.7 Å². The van der Waals surface area contributed by atoms with E-state index in [1.165, 1.54) is 5.56 Å². The number of nitrogens with two attached hydrogens (primary N) is 1. The number of rotatable bonds is 18. The second-order valence-corrected chi connectivity index (χ2v) is 15.5. The fourth-order valence-corrected chi connectivity index (χ4v) is 7.78. The number of benzene rings is 1. The molecule has 50 heavy (non-hydrogen) atoms. The molecule has 1 fully saturated rings. The van der Waals surface area contributed by atoms with Crippen LogP contribution in [0.15, 0.2) is 41.9 Å². The summed E-state index contributed by atoms with van der Waals surface area (Å²) in [6, 6.07) is 8.78. The minimum atomic E-state index is -1.13. The van der Waals surface area contributed by atoms with Crippen LogP contribution in [-0.4, -0.2) is 101 Å². The van der Waals surface area contributed by atoms with Crippen molar-refractivity contribution in [1.82, 2.24) is 25.4 Å². The fraction of sp³-hybridized carbons (Fsp3) is 0.649. The molecule has 0 radical (unpaired) electrons. The number of nitrogens with one attached hydrogen (secondary N) is 2. The third-order valence-electron chi connectivity index (χ3n) is 9.91. The number of carbonyl (C=O) groups excluding carboxylic acids is 3. The Labute approximate surface area is 308 Å². The summed E-state index contributed by atoms with van der Waals surface area (Å²) in [5.74, 6) is -0.924. The minimum absolute atomic E-state index is 0.0155. The van der Waals surface area contributed by atoms with Gasteiger partial charge in [0.2, 0.25) is 17.7 Å². The molecule has 1 aliphatic heterocycles. The van der Waals surface area contributed by atoms with Crippen molar-refractivity contribution in [2.45, 2.75) is 116 Å². The summed E-state index contributed by atoms with van der Waals surface area (Å²) in [5, 5.41) is 9.24. The lowest BCUT2D eigenvalue weighted by molar-refractivity contribution is -0.146. The predicted octanol–water partition coefficient (Wildman–Crippen LogP) is 4.51. The topological polar surface area (TPSA) is 139 Å². The van der Waals surface area contributed by atoms with Gasteiger partial charge in [-0.05, 0) is 51.5 Å². The maximum atomic E-state index is 14.1. The van der Waals surface area contributed by atoms with Crippen molar-refractivity contribution >= 4 is 46.3 Å². The van der Waals surface area contributed by atoms with Crippen LogP contribution in [0.2, 0.25) is 0 Å². The van der Waals surface area contributed by atoms with E-state index in [-0.39, 0.29) is 48.3 Å². The third-order valence-corrected chi connectivity index (χ3v) is 11.3. The van der Waals surface area contributed by atoms with Crippen LogP contribution in [0, 0.1) is 11.8 Å². The van der Waals surface area contributed by atoms with E-state index < -0.39 is 29.6 Å². The summed E-state index contributed by atoms with van der Waals surface area (Å²) >= 11 is 7.59. The normalized spacial score (nSPS) is 19.1. The molecule has 4 N–H and O–H groups in total. The summed E-state index contributed by atoms with van der Waals surface area (Å²) in [4.78, 5) is 49.0. The van der Waals surface area contributed by atoms with Gasteiger partial charge < -0.3 is 35.6 Å². The van der Waals surface area contributed by atoms with Gasteiger partial charge in [0.1, 0.15) is 11.0 Å². The molecule has 3 rings (SSSR count). The van der Waals surface area contributed by atoms with Crippen molar-refractivity contribution in [2.24, 2.45) is 17.6 Å². The Bertz CT molecular complexity index is 1390. The Morgan fingerprint density at radius 2 is 1.82 bits per heavy atom. The van der Waals surface area contributed by atoms with Crippen LogP contribution in [0.4, 0.5) is 0 Å². The van der Waals surface area contributed by atoms with Gasteiger partial charge in [-0.2, -0.15) is 0 Å². The summed E-state index contributed by atoms with van der Waals surface area (Å²) in [5.41, 5.74) is 6.00. The second kappa shape index (κ2) is 19.0. The molecule has 13 heteroatoms. The number of thiocarbonyl (C=S) groups is 1. The van der Waals surface area contributed by atoms with E-state index in [1.54, 1.807) is 64.5 Å². The maximum absolute atomic E-state index is 14.1. The summed E-state index contributed by atoms with van der Waals surface area (Å²) < 4.78 is 12.1. The number of nitrogens with zero attached hydrogens (tertiary/aromatic N) is 3. The standard InChI is InChI=1S/C37H58N6O5S2/c1-10-23(2)31(42(7)35(45)25(4)40-36(46)37(5,6)38)29(47-8)22-30(44)43-19-14-17-28(43)32(48-9)24(3)33(49)41-27(34-39-18-20-50-34)21-26-15-12-11-13-16-26/h11-13,15-16,18,20,23-25,27-29,31-32H,10,14,17,19,21-22,38H2,1-9H3,(H,40,46)(H,41,49)/t23-,24+,25-,27-,28-,29+,31-,32+/m0/s1. The third kappa shape index (κ3) is 10.8. The number of amides is 3. The maximum Gasteiger partial charge on any atom is 0.244 e. The Morgan fingerprint density at radius 1 is 1.14 bits per heavy atom. The first-order chi connectivity index (χ1) is 23.6. The number of likely N-dealkylation sites (N-methyl/N-ethyl adjacent to an activating group) is 1. The summed E-state index contributed by atoms with van der Waals surface area (Å²) in [7, 11) is 4.96. The Balaban J connectivity index is 1.75. The predicted molar refractivity (Wildman–Crippen MR) is 203 cm³/mol. The lowest BCUT2D eigenvalue weighted by Crippen LogP contribution is -2.58. The van der Waals surface area contributed by atoms with Gasteiger partial charge in [-0.1, -0.05) is 69.7 Å². The van der Waals surface area contributed by atoms with Gasteiger partial charge in [0.05, 0.1) is 47.3 Å². The first-order valence-electron chi connectivity index (χ1n) is 17.6. The molecule has 2 aromatic rings. The molecule has 0 saturated carbocycles. The monoisotopic (exact) mass is 730 g/mol. The number of methoxy groups -OCH3 is 2. The number of likely N-dealkylation sites (tertiary alicyclic amines) is 1. The minimum Gasteiger partial charge on any atom is -0.379 e. The highest BCUT2D eigenvalue weighted by atomic mass is 32.1. The molecule has 278 valence electrons. The number of aromatic nitrogens is 1. The smallest absolute Gasteiger partial charge is 0.244 e. The number of ether oxygens (including phenoxy) is 2. The first kappa shape index (κ1) is 41.5. The average Bonchev–Trinajstić information content (AvgIpc) is 3.81.